The highest BCUT2D eigenvalue weighted by Gasteiger charge is 2.30. The van der Waals surface area contributed by atoms with Gasteiger partial charge in [-0.05, 0) is 60.4 Å². The monoisotopic (exact) mass is 423 g/mol. The number of phenols is 1. The number of sulfonamides is 1. The Hall–Kier alpha value is -1.60. The predicted molar refractivity (Wildman–Crippen MR) is 112 cm³/mol. The molecule has 5 nitrogen and oxygen atoms in total. The van der Waals surface area contributed by atoms with Gasteiger partial charge in [-0.3, -0.25) is 0 Å². The molecule has 2 N–H and O–H groups in total. The molecule has 0 spiro atoms. The van der Waals surface area contributed by atoms with E-state index in [0.717, 1.165) is 11.1 Å². The van der Waals surface area contributed by atoms with E-state index in [0.29, 0.717) is 49.4 Å². The summed E-state index contributed by atoms with van der Waals surface area (Å²) in [6, 6.07) is 10.2. The fraction of sp³-hybridized carbons (Fsp3) is 0.429. The van der Waals surface area contributed by atoms with Crippen LogP contribution >= 0.6 is 11.6 Å². The van der Waals surface area contributed by atoms with E-state index in [4.69, 9.17) is 11.6 Å². The Morgan fingerprint density at radius 2 is 1.75 bits per heavy atom. The minimum absolute atomic E-state index is 0.276. The van der Waals surface area contributed by atoms with Crippen LogP contribution in [-0.4, -0.2) is 44.0 Å². The zero-order valence-electron chi connectivity index (χ0n) is 16.6. The number of aryl methyl sites for hydroxylation is 1. The number of phenolic OH excluding ortho intramolecular Hbond substituents is 1. The van der Waals surface area contributed by atoms with E-state index >= 15 is 0 Å². The van der Waals surface area contributed by atoms with Crippen molar-refractivity contribution in [3.63, 3.8) is 0 Å². The lowest BCUT2D eigenvalue weighted by molar-refractivity contribution is -0.917. The Morgan fingerprint density at radius 1 is 1.14 bits per heavy atom. The minimum atomic E-state index is -3.49. The topological polar surface area (TPSA) is 62.1 Å². The summed E-state index contributed by atoms with van der Waals surface area (Å²) >= 11 is 5.86. The Labute approximate surface area is 172 Å². The van der Waals surface area contributed by atoms with Gasteiger partial charge in [0.25, 0.3) is 0 Å². The molecule has 152 valence electrons. The molecule has 0 unspecified atom stereocenters. The van der Waals surface area contributed by atoms with E-state index in [2.05, 4.69) is 19.9 Å². The van der Waals surface area contributed by atoms with Gasteiger partial charge < -0.3 is 10.0 Å². The molecule has 3 rings (SSSR count). The number of nitrogens with one attached hydrogen (secondary N) is 1. The maximum Gasteiger partial charge on any atom is 0.243 e. The third-order valence-corrected chi connectivity index (χ3v) is 7.58. The smallest absolute Gasteiger partial charge is 0.243 e. The number of hydrogen-bond acceptors (Lipinski definition) is 3. The van der Waals surface area contributed by atoms with Gasteiger partial charge in [0.15, 0.2) is 0 Å². The fourth-order valence-corrected chi connectivity index (χ4v) is 5.33. The Bertz CT molecular complexity index is 935. The van der Waals surface area contributed by atoms with Crippen molar-refractivity contribution in [3.05, 3.63) is 58.1 Å². The molecule has 0 bridgehead atoms. The molecule has 1 saturated heterocycles. The molecule has 0 atom stereocenters. The van der Waals surface area contributed by atoms with Gasteiger partial charge in [0.05, 0.1) is 31.1 Å². The number of benzene rings is 2. The van der Waals surface area contributed by atoms with Crippen molar-refractivity contribution in [3.8, 4) is 5.75 Å². The molecule has 0 aliphatic carbocycles. The number of hydrogen-bond donors (Lipinski definition) is 2. The van der Waals surface area contributed by atoms with Crippen LogP contribution in [0, 0.1) is 6.92 Å². The maximum atomic E-state index is 12.8. The number of halogens is 1. The summed E-state index contributed by atoms with van der Waals surface area (Å²) in [5.41, 5.74) is 3.28. The number of rotatable bonds is 5. The molecule has 2 aromatic carbocycles. The van der Waals surface area contributed by atoms with Crippen LogP contribution in [0.3, 0.4) is 0 Å². The van der Waals surface area contributed by atoms with Crippen molar-refractivity contribution in [1.29, 1.82) is 0 Å². The second kappa shape index (κ2) is 8.41. The standard InChI is InChI=1S/C21H27ClN2O3S/c1-15(2)20-13-17(21(25)12-16(20)3)14-23-8-10-24(11-9-23)28(26,27)19-6-4-18(22)5-7-19/h4-7,12-13,15,25H,8-11,14H2,1-3H3/p+1. The Morgan fingerprint density at radius 3 is 2.32 bits per heavy atom. The average molecular weight is 424 g/mol. The van der Waals surface area contributed by atoms with Gasteiger partial charge in [0.2, 0.25) is 10.0 Å². The summed E-state index contributed by atoms with van der Waals surface area (Å²) in [5, 5.41) is 10.9. The first-order chi connectivity index (χ1) is 13.2. The molecular formula is C21H28ClN2O3S+. The van der Waals surface area contributed by atoms with Gasteiger partial charge in [-0.15, -0.1) is 0 Å². The van der Waals surface area contributed by atoms with Gasteiger partial charge in [-0.2, -0.15) is 4.31 Å². The van der Waals surface area contributed by atoms with Crippen LogP contribution in [0.4, 0.5) is 0 Å². The first kappa shape index (κ1) is 21.1. The third kappa shape index (κ3) is 4.51. The molecule has 1 fully saturated rings. The summed E-state index contributed by atoms with van der Waals surface area (Å²) in [6.07, 6.45) is 0. The van der Waals surface area contributed by atoms with Crippen LogP contribution in [0.25, 0.3) is 0 Å². The summed E-state index contributed by atoms with van der Waals surface area (Å²) in [5.74, 6) is 0.723. The van der Waals surface area contributed by atoms with Crippen molar-refractivity contribution < 1.29 is 18.4 Å². The van der Waals surface area contributed by atoms with Gasteiger partial charge >= 0.3 is 0 Å². The van der Waals surface area contributed by atoms with E-state index in [9.17, 15) is 13.5 Å². The SMILES string of the molecule is Cc1cc(O)c(C[NH+]2CCN(S(=O)(=O)c3ccc(Cl)cc3)CC2)cc1C(C)C. The highest BCUT2D eigenvalue weighted by molar-refractivity contribution is 7.89. The van der Waals surface area contributed by atoms with E-state index in [1.54, 1.807) is 24.3 Å². The number of aromatic hydroxyl groups is 1. The lowest BCUT2D eigenvalue weighted by atomic mass is 9.95. The molecule has 1 aliphatic rings. The van der Waals surface area contributed by atoms with Crippen molar-refractivity contribution in [1.82, 2.24) is 4.31 Å². The van der Waals surface area contributed by atoms with Crippen LogP contribution in [0.1, 0.15) is 36.5 Å². The van der Waals surface area contributed by atoms with Crippen molar-refractivity contribution in [2.75, 3.05) is 26.2 Å². The van der Waals surface area contributed by atoms with Crippen molar-refractivity contribution >= 4 is 21.6 Å². The zero-order valence-corrected chi connectivity index (χ0v) is 18.1. The molecule has 0 saturated carbocycles. The first-order valence-electron chi connectivity index (χ1n) is 9.60. The minimum Gasteiger partial charge on any atom is -0.507 e. The van der Waals surface area contributed by atoms with Gasteiger partial charge in [0, 0.05) is 10.6 Å². The van der Waals surface area contributed by atoms with E-state index in [-0.39, 0.29) is 4.90 Å². The quantitative estimate of drug-likeness (QED) is 0.776. The summed E-state index contributed by atoms with van der Waals surface area (Å²) in [4.78, 5) is 1.55. The van der Waals surface area contributed by atoms with Gasteiger partial charge in [-0.1, -0.05) is 25.4 Å². The number of nitrogens with zero attached hydrogens (tertiary/aromatic N) is 1. The Kier molecular flexibility index (Phi) is 6.34. The average Bonchev–Trinajstić information content (AvgIpc) is 2.64. The second-order valence-corrected chi connectivity index (χ2v) is 10.2. The van der Waals surface area contributed by atoms with Crippen LogP contribution < -0.4 is 4.90 Å². The number of piperazine rings is 1. The number of quaternary nitrogens is 1. The van der Waals surface area contributed by atoms with Crippen molar-refractivity contribution in [2.24, 2.45) is 0 Å². The van der Waals surface area contributed by atoms with Crippen molar-refractivity contribution in [2.45, 2.75) is 38.1 Å². The summed E-state index contributed by atoms with van der Waals surface area (Å²) in [7, 11) is -3.49. The largest absolute Gasteiger partial charge is 0.507 e. The lowest BCUT2D eigenvalue weighted by Gasteiger charge is -2.31. The van der Waals surface area contributed by atoms with Gasteiger partial charge in [0.1, 0.15) is 12.3 Å². The molecule has 28 heavy (non-hydrogen) atoms. The maximum absolute atomic E-state index is 12.8. The zero-order chi connectivity index (χ0) is 20.5. The van der Waals surface area contributed by atoms with Crippen LogP contribution in [-0.2, 0) is 16.6 Å². The lowest BCUT2D eigenvalue weighted by Crippen LogP contribution is -3.13. The highest BCUT2D eigenvalue weighted by atomic mass is 35.5. The third-order valence-electron chi connectivity index (χ3n) is 5.41. The van der Waals surface area contributed by atoms with Gasteiger partial charge in [-0.25, -0.2) is 8.42 Å². The molecule has 0 aromatic heterocycles. The normalized spacial score (nSPS) is 16.6. The Balaban J connectivity index is 1.68. The molecule has 0 amide bonds. The molecule has 0 radical (unpaired) electrons. The molecular weight excluding hydrogens is 396 g/mol. The molecule has 7 heteroatoms. The fourth-order valence-electron chi connectivity index (χ4n) is 3.76. The van der Waals surface area contributed by atoms with Crippen LogP contribution in [0.5, 0.6) is 5.75 Å². The first-order valence-corrected chi connectivity index (χ1v) is 11.4. The summed E-state index contributed by atoms with van der Waals surface area (Å²) < 4.78 is 27.2. The molecule has 1 heterocycles. The van der Waals surface area contributed by atoms with E-state index in [1.807, 2.05) is 13.0 Å². The van der Waals surface area contributed by atoms with E-state index < -0.39 is 10.0 Å². The molecule has 2 aromatic rings. The van der Waals surface area contributed by atoms with Crippen LogP contribution in [0.2, 0.25) is 5.02 Å². The summed E-state index contributed by atoms with van der Waals surface area (Å²) in [6.45, 7) is 9.35. The second-order valence-electron chi connectivity index (χ2n) is 7.78. The predicted octanol–water partition coefficient (Wildman–Crippen LogP) is 2.57. The highest BCUT2D eigenvalue weighted by Crippen LogP contribution is 2.27. The van der Waals surface area contributed by atoms with Crippen LogP contribution in [0.15, 0.2) is 41.3 Å². The molecule has 1 aliphatic heterocycles. The van der Waals surface area contributed by atoms with E-state index in [1.165, 1.54) is 14.8 Å².